The Hall–Kier alpha value is -2.90. The minimum atomic E-state index is -4.51. The molecule has 4 nitrogen and oxygen atoms in total. The van der Waals surface area contributed by atoms with Crippen molar-refractivity contribution in [1.82, 2.24) is 4.90 Å². The highest BCUT2D eigenvalue weighted by atomic mass is 19.4. The molecule has 1 N–H and O–H groups in total. The van der Waals surface area contributed by atoms with Crippen molar-refractivity contribution in [2.75, 3.05) is 18.4 Å². The first kappa shape index (κ1) is 20.8. The molecule has 1 saturated heterocycles. The highest BCUT2D eigenvalue weighted by molar-refractivity contribution is 5.97. The van der Waals surface area contributed by atoms with E-state index in [-0.39, 0.29) is 17.8 Å². The van der Waals surface area contributed by atoms with Crippen LogP contribution in [-0.2, 0) is 11.0 Å². The van der Waals surface area contributed by atoms with E-state index in [1.807, 2.05) is 0 Å². The summed E-state index contributed by atoms with van der Waals surface area (Å²) in [6.07, 6.45) is -3.48. The van der Waals surface area contributed by atoms with Crippen LogP contribution < -0.4 is 5.32 Å². The standard InChI is InChI=1S/C21H20F4N2O2/c1-13-5-2-9-17(22)18(13)20(29)27-10-4-6-14(12-27)19(28)26-16-8-3-7-15(11-16)21(23,24)25/h2-3,5,7-9,11,14H,4,6,10,12H2,1H3,(H,26,28)/t14-/m0/s1. The molecule has 0 aromatic heterocycles. The molecule has 1 fully saturated rings. The number of amides is 2. The third-order valence-electron chi connectivity index (χ3n) is 4.97. The smallest absolute Gasteiger partial charge is 0.338 e. The molecule has 154 valence electrons. The topological polar surface area (TPSA) is 49.4 Å². The number of piperidine rings is 1. The van der Waals surface area contributed by atoms with Crippen LogP contribution in [0.4, 0.5) is 23.2 Å². The zero-order valence-corrected chi connectivity index (χ0v) is 15.7. The van der Waals surface area contributed by atoms with Crippen molar-refractivity contribution in [3.63, 3.8) is 0 Å². The Morgan fingerprint density at radius 2 is 1.86 bits per heavy atom. The van der Waals surface area contributed by atoms with E-state index >= 15 is 0 Å². The van der Waals surface area contributed by atoms with Crippen LogP contribution in [0.25, 0.3) is 0 Å². The van der Waals surface area contributed by atoms with Crippen molar-refractivity contribution in [2.24, 2.45) is 5.92 Å². The minimum absolute atomic E-state index is 0.0218. The van der Waals surface area contributed by atoms with Gasteiger partial charge < -0.3 is 10.2 Å². The third kappa shape index (κ3) is 4.75. The van der Waals surface area contributed by atoms with Crippen LogP contribution in [0.15, 0.2) is 42.5 Å². The lowest BCUT2D eigenvalue weighted by atomic mass is 9.95. The van der Waals surface area contributed by atoms with Gasteiger partial charge in [-0.15, -0.1) is 0 Å². The van der Waals surface area contributed by atoms with Crippen LogP contribution in [-0.4, -0.2) is 29.8 Å². The fourth-order valence-corrected chi connectivity index (χ4v) is 3.45. The van der Waals surface area contributed by atoms with Gasteiger partial charge in [-0.1, -0.05) is 18.2 Å². The van der Waals surface area contributed by atoms with Crippen molar-refractivity contribution >= 4 is 17.5 Å². The van der Waals surface area contributed by atoms with Crippen molar-refractivity contribution in [2.45, 2.75) is 25.9 Å². The van der Waals surface area contributed by atoms with Gasteiger partial charge >= 0.3 is 6.18 Å². The molecule has 1 heterocycles. The second-order valence-corrected chi connectivity index (χ2v) is 7.09. The van der Waals surface area contributed by atoms with Crippen LogP contribution in [0.5, 0.6) is 0 Å². The first-order chi connectivity index (χ1) is 13.7. The number of hydrogen-bond donors (Lipinski definition) is 1. The molecule has 1 aliphatic rings. The molecular weight excluding hydrogens is 388 g/mol. The van der Waals surface area contributed by atoms with Gasteiger partial charge in [-0.25, -0.2) is 4.39 Å². The predicted molar refractivity (Wildman–Crippen MR) is 99.8 cm³/mol. The van der Waals surface area contributed by atoms with E-state index in [0.29, 0.717) is 24.9 Å². The largest absolute Gasteiger partial charge is 0.416 e. The third-order valence-corrected chi connectivity index (χ3v) is 4.97. The van der Waals surface area contributed by atoms with Gasteiger partial charge in [0.1, 0.15) is 5.82 Å². The van der Waals surface area contributed by atoms with Gasteiger partial charge in [0, 0.05) is 18.8 Å². The maximum atomic E-state index is 14.1. The zero-order chi connectivity index (χ0) is 21.2. The fraction of sp³-hybridized carbons (Fsp3) is 0.333. The fourth-order valence-electron chi connectivity index (χ4n) is 3.45. The maximum absolute atomic E-state index is 14.1. The van der Waals surface area contributed by atoms with E-state index in [0.717, 1.165) is 12.1 Å². The lowest BCUT2D eigenvalue weighted by Crippen LogP contribution is -2.44. The van der Waals surface area contributed by atoms with Gasteiger partial charge in [-0.2, -0.15) is 13.2 Å². The molecule has 1 aliphatic heterocycles. The molecule has 2 aromatic carbocycles. The van der Waals surface area contributed by atoms with Crippen molar-refractivity contribution in [1.29, 1.82) is 0 Å². The Balaban J connectivity index is 1.71. The highest BCUT2D eigenvalue weighted by Crippen LogP contribution is 2.31. The van der Waals surface area contributed by atoms with Gasteiger partial charge in [0.15, 0.2) is 0 Å². The summed E-state index contributed by atoms with van der Waals surface area (Å²) in [5.41, 5.74) is -0.332. The number of hydrogen-bond acceptors (Lipinski definition) is 2. The quantitative estimate of drug-likeness (QED) is 0.752. The van der Waals surface area contributed by atoms with Gasteiger partial charge in [-0.05, 0) is 49.6 Å². The minimum Gasteiger partial charge on any atom is -0.338 e. The second-order valence-electron chi connectivity index (χ2n) is 7.09. The first-order valence-electron chi connectivity index (χ1n) is 9.19. The van der Waals surface area contributed by atoms with E-state index in [2.05, 4.69) is 5.32 Å². The molecule has 2 aromatic rings. The molecule has 0 radical (unpaired) electrons. The van der Waals surface area contributed by atoms with Gasteiger partial charge in [0.05, 0.1) is 17.0 Å². The highest BCUT2D eigenvalue weighted by Gasteiger charge is 2.32. The van der Waals surface area contributed by atoms with Crippen LogP contribution in [0.2, 0.25) is 0 Å². The number of nitrogens with zero attached hydrogens (tertiary/aromatic N) is 1. The number of likely N-dealkylation sites (tertiary alicyclic amines) is 1. The Bertz CT molecular complexity index is 907. The van der Waals surface area contributed by atoms with E-state index in [1.165, 1.54) is 29.2 Å². The molecule has 2 amide bonds. The number of alkyl halides is 3. The van der Waals surface area contributed by atoms with Crippen LogP contribution in [0, 0.1) is 18.7 Å². The summed E-state index contributed by atoms with van der Waals surface area (Å²) in [4.78, 5) is 26.7. The summed E-state index contributed by atoms with van der Waals surface area (Å²) >= 11 is 0. The molecule has 3 rings (SSSR count). The molecule has 1 atom stereocenters. The molecule has 0 unspecified atom stereocenters. The monoisotopic (exact) mass is 408 g/mol. The zero-order valence-electron chi connectivity index (χ0n) is 15.7. The van der Waals surface area contributed by atoms with Gasteiger partial charge in [0.2, 0.25) is 5.91 Å². The molecule has 0 bridgehead atoms. The van der Waals surface area contributed by atoms with Crippen LogP contribution in [0.3, 0.4) is 0 Å². The van der Waals surface area contributed by atoms with E-state index < -0.39 is 35.3 Å². The molecule has 0 spiro atoms. The summed E-state index contributed by atoms with van der Waals surface area (Å²) in [5.74, 6) is -2.16. The molecule has 8 heteroatoms. The van der Waals surface area contributed by atoms with E-state index in [1.54, 1.807) is 13.0 Å². The predicted octanol–water partition coefficient (Wildman–Crippen LogP) is 4.64. The lowest BCUT2D eigenvalue weighted by molar-refractivity contribution is -0.137. The number of carbonyl (C=O) groups is 2. The number of rotatable bonds is 3. The Morgan fingerprint density at radius 3 is 2.55 bits per heavy atom. The number of benzene rings is 2. The average Bonchev–Trinajstić information content (AvgIpc) is 2.67. The summed E-state index contributed by atoms with van der Waals surface area (Å²) in [6.45, 7) is 2.11. The van der Waals surface area contributed by atoms with E-state index in [9.17, 15) is 27.2 Å². The number of nitrogens with one attached hydrogen (secondary N) is 1. The Kier molecular flexibility index (Phi) is 5.91. The van der Waals surface area contributed by atoms with Gasteiger partial charge in [-0.3, -0.25) is 9.59 Å². The van der Waals surface area contributed by atoms with E-state index in [4.69, 9.17) is 0 Å². The lowest BCUT2D eigenvalue weighted by Gasteiger charge is -2.32. The summed E-state index contributed by atoms with van der Waals surface area (Å²) in [7, 11) is 0. The Morgan fingerprint density at radius 1 is 1.14 bits per heavy atom. The second kappa shape index (κ2) is 8.23. The molecule has 29 heavy (non-hydrogen) atoms. The molecule has 0 saturated carbocycles. The van der Waals surface area contributed by atoms with Crippen LogP contribution in [0.1, 0.15) is 34.3 Å². The molecular formula is C21H20F4N2O2. The summed E-state index contributed by atoms with van der Waals surface area (Å²) in [5, 5.41) is 2.50. The molecule has 0 aliphatic carbocycles. The van der Waals surface area contributed by atoms with Crippen LogP contribution >= 0.6 is 0 Å². The SMILES string of the molecule is Cc1cccc(F)c1C(=O)N1CCC[C@H](C(=O)Nc2cccc(C(F)(F)F)c2)C1. The number of aryl methyl sites for hydroxylation is 1. The maximum Gasteiger partial charge on any atom is 0.416 e. The summed E-state index contributed by atoms with van der Waals surface area (Å²) in [6, 6.07) is 8.75. The van der Waals surface area contributed by atoms with Crippen molar-refractivity contribution < 1.29 is 27.2 Å². The average molecular weight is 408 g/mol. The Labute approximate surface area is 165 Å². The number of halogens is 4. The first-order valence-corrected chi connectivity index (χ1v) is 9.19. The van der Waals surface area contributed by atoms with Crippen molar-refractivity contribution in [3.05, 3.63) is 65.0 Å². The number of carbonyl (C=O) groups excluding carboxylic acids is 2. The van der Waals surface area contributed by atoms with Gasteiger partial charge in [0.25, 0.3) is 5.91 Å². The summed E-state index contributed by atoms with van der Waals surface area (Å²) < 4.78 is 52.6. The number of anilines is 1. The van der Waals surface area contributed by atoms with Crippen molar-refractivity contribution in [3.8, 4) is 0 Å². The normalized spacial score (nSPS) is 17.1.